The Bertz CT molecular complexity index is 596. The summed E-state index contributed by atoms with van der Waals surface area (Å²) in [4.78, 5) is 11.2. The molecule has 1 atom stereocenters. The Morgan fingerprint density at radius 3 is 2.14 bits per heavy atom. The van der Waals surface area contributed by atoms with Gasteiger partial charge in [0.05, 0.1) is 0 Å². The molecule has 0 bridgehead atoms. The summed E-state index contributed by atoms with van der Waals surface area (Å²) in [6, 6.07) is 16.1. The van der Waals surface area contributed by atoms with Crippen molar-refractivity contribution >= 4 is 40.0 Å². The third-order valence-corrected chi connectivity index (χ3v) is 3.84. The second-order valence-corrected chi connectivity index (χ2v) is 5.94. The fourth-order valence-electron chi connectivity index (χ4n) is 1.93. The maximum atomic E-state index is 11.2. The Kier molecular flexibility index (Phi) is 5.44. The zero-order valence-electron chi connectivity index (χ0n) is 12.0. The standard InChI is InChI=1S/C16H18IN3O/c1-11(12-3-5-13(17)6-4-12)19-14-7-9-15(10-8-14)20-16(21)18-2/h3-11,19H,1-2H3,(H2,18,20,21). The van der Waals surface area contributed by atoms with E-state index in [2.05, 4.69) is 69.7 Å². The Labute approximate surface area is 138 Å². The minimum atomic E-state index is -0.219. The minimum Gasteiger partial charge on any atom is -0.379 e. The molecule has 0 aromatic heterocycles. The molecule has 110 valence electrons. The summed E-state index contributed by atoms with van der Waals surface area (Å²) in [5, 5.41) is 8.69. The summed E-state index contributed by atoms with van der Waals surface area (Å²) >= 11 is 2.30. The molecule has 2 aromatic rings. The average molecular weight is 395 g/mol. The van der Waals surface area contributed by atoms with E-state index in [-0.39, 0.29) is 12.1 Å². The predicted octanol–water partition coefficient (Wildman–Crippen LogP) is 4.22. The maximum absolute atomic E-state index is 11.2. The van der Waals surface area contributed by atoms with Crippen LogP contribution in [0.1, 0.15) is 18.5 Å². The zero-order valence-corrected chi connectivity index (χ0v) is 14.1. The first-order chi connectivity index (χ1) is 10.1. The van der Waals surface area contributed by atoms with Crippen molar-refractivity contribution in [3.05, 3.63) is 57.7 Å². The first kappa shape index (κ1) is 15.6. The molecule has 2 rings (SSSR count). The van der Waals surface area contributed by atoms with Crippen LogP contribution in [0.25, 0.3) is 0 Å². The van der Waals surface area contributed by atoms with Crippen LogP contribution in [-0.4, -0.2) is 13.1 Å². The number of urea groups is 1. The number of nitrogens with one attached hydrogen (secondary N) is 3. The number of hydrogen-bond donors (Lipinski definition) is 3. The number of carbonyl (C=O) groups excluding carboxylic acids is 1. The lowest BCUT2D eigenvalue weighted by molar-refractivity contribution is 0.254. The van der Waals surface area contributed by atoms with Gasteiger partial charge in [-0.15, -0.1) is 0 Å². The quantitative estimate of drug-likeness (QED) is 0.680. The molecule has 5 heteroatoms. The number of halogens is 1. The van der Waals surface area contributed by atoms with Crippen LogP contribution >= 0.6 is 22.6 Å². The Balaban J connectivity index is 1.99. The molecule has 0 fully saturated rings. The lowest BCUT2D eigenvalue weighted by Crippen LogP contribution is -2.24. The molecule has 0 aliphatic rings. The molecule has 0 spiro atoms. The lowest BCUT2D eigenvalue weighted by Gasteiger charge is -2.16. The van der Waals surface area contributed by atoms with Gasteiger partial charge in [0.1, 0.15) is 0 Å². The Hall–Kier alpha value is -1.76. The van der Waals surface area contributed by atoms with E-state index in [1.807, 2.05) is 24.3 Å². The van der Waals surface area contributed by atoms with Crippen molar-refractivity contribution in [3.8, 4) is 0 Å². The van der Waals surface area contributed by atoms with E-state index in [4.69, 9.17) is 0 Å². The molecule has 1 unspecified atom stereocenters. The second-order valence-electron chi connectivity index (χ2n) is 4.70. The summed E-state index contributed by atoms with van der Waals surface area (Å²) in [6.45, 7) is 2.12. The van der Waals surface area contributed by atoms with Crippen LogP contribution in [0, 0.1) is 3.57 Å². The van der Waals surface area contributed by atoms with Gasteiger partial charge >= 0.3 is 6.03 Å². The van der Waals surface area contributed by atoms with Gasteiger partial charge in [-0.2, -0.15) is 0 Å². The molecule has 21 heavy (non-hydrogen) atoms. The summed E-state index contributed by atoms with van der Waals surface area (Å²) in [5.74, 6) is 0. The first-order valence-corrected chi connectivity index (χ1v) is 7.77. The second kappa shape index (κ2) is 7.31. The molecule has 2 aromatic carbocycles. The molecule has 0 saturated carbocycles. The van der Waals surface area contributed by atoms with Crippen molar-refractivity contribution in [2.45, 2.75) is 13.0 Å². The monoisotopic (exact) mass is 395 g/mol. The minimum absolute atomic E-state index is 0.219. The van der Waals surface area contributed by atoms with E-state index in [9.17, 15) is 4.79 Å². The largest absolute Gasteiger partial charge is 0.379 e. The Morgan fingerprint density at radius 1 is 1.00 bits per heavy atom. The average Bonchev–Trinajstić information content (AvgIpc) is 2.49. The number of amides is 2. The van der Waals surface area contributed by atoms with Gasteiger partial charge in [0.2, 0.25) is 0 Å². The first-order valence-electron chi connectivity index (χ1n) is 6.69. The van der Waals surface area contributed by atoms with Gasteiger partial charge in [-0.3, -0.25) is 0 Å². The fraction of sp³-hybridized carbons (Fsp3) is 0.188. The van der Waals surface area contributed by atoms with Gasteiger partial charge in [-0.05, 0) is 71.5 Å². The molecular formula is C16H18IN3O. The molecule has 0 heterocycles. The molecule has 2 amide bonds. The highest BCUT2D eigenvalue weighted by molar-refractivity contribution is 14.1. The molecule has 4 nitrogen and oxygen atoms in total. The summed E-state index contributed by atoms with van der Waals surface area (Å²) in [7, 11) is 1.59. The van der Waals surface area contributed by atoms with Crippen LogP contribution < -0.4 is 16.0 Å². The molecule has 0 radical (unpaired) electrons. The molecule has 3 N–H and O–H groups in total. The summed E-state index contributed by atoms with van der Waals surface area (Å²) in [5.41, 5.74) is 3.02. The molecule has 0 aliphatic carbocycles. The van der Waals surface area contributed by atoms with Crippen LogP contribution in [0.5, 0.6) is 0 Å². The van der Waals surface area contributed by atoms with E-state index in [1.165, 1.54) is 9.13 Å². The van der Waals surface area contributed by atoms with Gasteiger partial charge in [0.15, 0.2) is 0 Å². The Morgan fingerprint density at radius 2 is 1.57 bits per heavy atom. The highest BCUT2D eigenvalue weighted by Crippen LogP contribution is 2.21. The number of benzene rings is 2. The van der Waals surface area contributed by atoms with E-state index in [1.54, 1.807) is 7.05 Å². The van der Waals surface area contributed by atoms with Crippen molar-refractivity contribution in [2.24, 2.45) is 0 Å². The molecule has 0 saturated heterocycles. The topological polar surface area (TPSA) is 53.2 Å². The third kappa shape index (κ3) is 4.63. The van der Waals surface area contributed by atoms with E-state index < -0.39 is 0 Å². The van der Waals surface area contributed by atoms with E-state index in [0.717, 1.165) is 11.4 Å². The van der Waals surface area contributed by atoms with Crippen molar-refractivity contribution in [1.82, 2.24) is 5.32 Å². The summed E-state index contributed by atoms with van der Waals surface area (Å²) in [6.07, 6.45) is 0. The smallest absolute Gasteiger partial charge is 0.318 e. The molecule has 0 aliphatic heterocycles. The number of rotatable bonds is 4. The normalized spacial score (nSPS) is 11.6. The van der Waals surface area contributed by atoms with Gasteiger partial charge in [-0.25, -0.2) is 4.79 Å². The number of anilines is 2. The van der Waals surface area contributed by atoms with Crippen molar-refractivity contribution < 1.29 is 4.79 Å². The third-order valence-electron chi connectivity index (χ3n) is 3.12. The van der Waals surface area contributed by atoms with Crippen molar-refractivity contribution in [1.29, 1.82) is 0 Å². The predicted molar refractivity (Wildman–Crippen MR) is 95.7 cm³/mol. The lowest BCUT2D eigenvalue weighted by atomic mass is 10.1. The maximum Gasteiger partial charge on any atom is 0.318 e. The molecular weight excluding hydrogens is 377 g/mol. The highest BCUT2D eigenvalue weighted by atomic mass is 127. The van der Waals surface area contributed by atoms with Gasteiger partial charge in [-0.1, -0.05) is 12.1 Å². The number of hydrogen-bond acceptors (Lipinski definition) is 2. The fourth-order valence-corrected chi connectivity index (χ4v) is 2.29. The van der Waals surface area contributed by atoms with Crippen molar-refractivity contribution in [2.75, 3.05) is 17.7 Å². The number of carbonyl (C=O) groups is 1. The van der Waals surface area contributed by atoms with Crippen LogP contribution in [0.4, 0.5) is 16.2 Å². The highest BCUT2D eigenvalue weighted by Gasteiger charge is 2.05. The van der Waals surface area contributed by atoms with Crippen LogP contribution in [0.2, 0.25) is 0 Å². The van der Waals surface area contributed by atoms with Crippen LogP contribution in [-0.2, 0) is 0 Å². The van der Waals surface area contributed by atoms with Gasteiger partial charge < -0.3 is 16.0 Å². The van der Waals surface area contributed by atoms with Crippen LogP contribution in [0.15, 0.2) is 48.5 Å². The van der Waals surface area contributed by atoms with E-state index in [0.29, 0.717) is 0 Å². The van der Waals surface area contributed by atoms with Gasteiger partial charge in [0.25, 0.3) is 0 Å². The van der Waals surface area contributed by atoms with Gasteiger partial charge in [0, 0.05) is 28.0 Å². The zero-order chi connectivity index (χ0) is 15.2. The SMILES string of the molecule is CNC(=O)Nc1ccc(NC(C)c2ccc(I)cc2)cc1. The van der Waals surface area contributed by atoms with Crippen LogP contribution in [0.3, 0.4) is 0 Å². The van der Waals surface area contributed by atoms with E-state index >= 15 is 0 Å². The summed E-state index contributed by atoms with van der Waals surface area (Å²) < 4.78 is 1.23. The van der Waals surface area contributed by atoms with Crippen molar-refractivity contribution in [3.63, 3.8) is 0 Å².